The van der Waals surface area contributed by atoms with Gasteiger partial charge in [0.25, 0.3) is 0 Å². The fraction of sp³-hybridized carbons (Fsp3) is 0. The van der Waals surface area contributed by atoms with Crippen LogP contribution in [0, 0.1) is 0 Å². The number of aromatic nitrogens is 3. The summed E-state index contributed by atoms with van der Waals surface area (Å²) in [5.41, 5.74) is 22.5. The third-order valence-corrected chi connectivity index (χ3v) is 12.1. The zero-order valence-corrected chi connectivity index (χ0v) is 32.4. The summed E-state index contributed by atoms with van der Waals surface area (Å²) in [4.78, 5) is 15.3. The van der Waals surface area contributed by atoms with Crippen LogP contribution in [-0.4, -0.2) is 93.4 Å². The van der Waals surface area contributed by atoms with Crippen molar-refractivity contribution in [2.45, 2.75) is 0 Å². The maximum absolute atomic E-state index is 6.95. The number of nitrogens with zero attached hydrogens (tertiary/aromatic N) is 3. The molecule has 0 unspecified atom stereocenters. The van der Waals surface area contributed by atoms with Crippen molar-refractivity contribution in [2.75, 3.05) is 0 Å². The van der Waals surface area contributed by atoms with Gasteiger partial charge in [-0.15, -0.1) is 32.8 Å². The summed E-state index contributed by atoms with van der Waals surface area (Å²) in [6, 6.07) is 31.6. The second-order valence-corrected chi connectivity index (χ2v) is 14.7. The van der Waals surface area contributed by atoms with Crippen LogP contribution in [0.3, 0.4) is 0 Å². The molecule has 0 aliphatic rings. The number of rotatable bonds is 5. The molecule has 0 spiro atoms. The van der Waals surface area contributed by atoms with Gasteiger partial charge in [-0.3, -0.25) is 0 Å². The molecule has 0 saturated carbocycles. The van der Waals surface area contributed by atoms with Gasteiger partial charge in [-0.1, -0.05) is 107 Å². The van der Waals surface area contributed by atoms with Crippen LogP contribution < -0.4 is 54.6 Å². The van der Waals surface area contributed by atoms with Crippen molar-refractivity contribution in [1.29, 1.82) is 0 Å². The fourth-order valence-corrected chi connectivity index (χ4v) is 8.16. The molecule has 8 aromatic rings. The molecule has 0 aliphatic heterocycles. The molecule has 0 atom stereocenters. The number of hydrogen-bond acceptors (Lipinski definition) is 4. The van der Waals surface area contributed by atoms with Crippen LogP contribution in [0.25, 0.3) is 78.4 Å². The van der Waals surface area contributed by atoms with Crippen LogP contribution in [0.1, 0.15) is 0 Å². The Bertz CT molecular complexity index is 2730. The van der Waals surface area contributed by atoms with Gasteiger partial charge in [-0.05, 0) is 22.8 Å². The summed E-state index contributed by atoms with van der Waals surface area (Å²) >= 11 is 0. The first kappa shape index (κ1) is 34.8. The largest absolute Gasteiger partial charge is 0.455 e. The summed E-state index contributed by atoms with van der Waals surface area (Å²) in [7, 11) is 22.3. The fourth-order valence-electron chi connectivity index (χ4n) is 8.16. The number of hydrogen-bond donors (Lipinski definition) is 0. The molecule has 8 rings (SSSR count). The van der Waals surface area contributed by atoms with Crippen LogP contribution in [0.2, 0.25) is 0 Å². The Morgan fingerprint density at radius 2 is 0.717 bits per heavy atom. The quantitative estimate of drug-likeness (QED) is 0.171. The van der Waals surface area contributed by atoms with Crippen molar-refractivity contribution < 1.29 is 4.42 Å². The van der Waals surface area contributed by atoms with Gasteiger partial charge < -0.3 is 4.42 Å². The van der Waals surface area contributed by atoms with Crippen LogP contribution in [0.4, 0.5) is 0 Å². The number of para-hydroxylation sites is 2. The van der Waals surface area contributed by atoms with Crippen LogP contribution >= 0.6 is 0 Å². The first-order valence-corrected chi connectivity index (χ1v) is 18.5. The van der Waals surface area contributed by atoms with Gasteiger partial charge in [0.05, 0.1) is 5.56 Å². The predicted molar refractivity (Wildman–Crippen MR) is 256 cm³/mol. The summed E-state index contributed by atoms with van der Waals surface area (Å²) < 4.78 is 6.95. The molecule has 0 aliphatic carbocycles. The Labute approximate surface area is 320 Å². The summed E-state index contributed by atoms with van der Waals surface area (Å²) in [5, 5.41) is 2.12. The van der Waals surface area contributed by atoms with Crippen molar-refractivity contribution in [3.63, 3.8) is 0 Å². The minimum atomic E-state index is 0.579. The van der Waals surface area contributed by atoms with Crippen molar-refractivity contribution in [3.05, 3.63) is 91.0 Å². The lowest BCUT2D eigenvalue weighted by molar-refractivity contribution is 0.670. The van der Waals surface area contributed by atoms with Crippen molar-refractivity contribution in [3.8, 4) is 56.4 Å². The predicted octanol–water partition coefficient (Wildman–Crippen LogP) is -7.31. The molecule has 0 N–H and O–H groups in total. The molecule has 6 aromatic carbocycles. The SMILES string of the molecule is Bc1c(B)c(B)c(-c2ccc(-c3nc(-c4ccccc4)nc(-c4cccc5c4oc4c(-c6c(B)c(B)c(B)c(B)c6B)cccc45)n3)cc2)c(B)c1B. The van der Waals surface area contributed by atoms with Gasteiger partial charge in [-0.25, -0.2) is 15.0 Å². The monoisotopic (exact) mass is 671 g/mol. The molecular weight excluding hydrogens is 635 g/mol. The van der Waals surface area contributed by atoms with E-state index in [9.17, 15) is 0 Å². The average molecular weight is 670 g/mol. The lowest BCUT2D eigenvalue weighted by Gasteiger charge is -2.20. The average Bonchev–Trinajstić information content (AvgIpc) is 3.58. The Hall–Kier alpha value is -5.22. The minimum absolute atomic E-state index is 0.579. The van der Waals surface area contributed by atoms with E-state index in [-0.39, 0.29) is 0 Å². The Morgan fingerprint density at radius 1 is 0.321 bits per heavy atom. The van der Waals surface area contributed by atoms with E-state index in [1.165, 1.54) is 71.3 Å². The normalized spacial score (nSPS) is 11.4. The highest BCUT2D eigenvalue weighted by atomic mass is 16.3. The Kier molecular flexibility index (Phi) is 8.76. The first-order chi connectivity index (χ1) is 25.5. The lowest BCUT2D eigenvalue weighted by Crippen LogP contribution is -2.55. The molecule has 0 amide bonds. The third kappa shape index (κ3) is 5.66. The first-order valence-electron chi connectivity index (χ1n) is 18.5. The maximum Gasteiger partial charge on any atom is 0.167 e. The van der Waals surface area contributed by atoms with E-state index >= 15 is 0 Å². The Balaban J connectivity index is 1.31. The van der Waals surface area contributed by atoms with E-state index in [1.54, 1.807) is 0 Å². The number of benzene rings is 6. The van der Waals surface area contributed by atoms with Gasteiger partial charge in [-0.2, -0.15) is 0 Å². The van der Waals surface area contributed by atoms with E-state index in [2.05, 4.69) is 139 Å². The molecule has 53 heavy (non-hydrogen) atoms. The lowest BCUT2D eigenvalue weighted by atomic mass is 9.59. The second kappa shape index (κ2) is 13.3. The van der Waals surface area contributed by atoms with Crippen molar-refractivity contribution >= 4 is 155 Å². The van der Waals surface area contributed by atoms with Gasteiger partial charge in [0.2, 0.25) is 0 Å². The van der Waals surface area contributed by atoms with E-state index in [0.717, 1.165) is 44.2 Å². The summed E-state index contributed by atoms with van der Waals surface area (Å²) in [5.74, 6) is 1.82. The van der Waals surface area contributed by atoms with Gasteiger partial charge in [0.1, 0.15) is 89.6 Å². The maximum atomic E-state index is 6.95. The van der Waals surface area contributed by atoms with E-state index in [4.69, 9.17) is 19.4 Å². The molecule has 0 saturated heterocycles. The van der Waals surface area contributed by atoms with Crippen LogP contribution in [-0.2, 0) is 0 Å². The van der Waals surface area contributed by atoms with E-state index in [1.807, 2.05) is 30.3 Å². The molecule has 4 nitrogen and oxygen atoms in total. The second-order valence-electron chi connectivity index (χ2n) is 14.7. The topological polar surface area (TPSA) is 51.8 Å². The van der Waals surface area contributed by atoms with Crippen LogP contribution in [0.5, 0.6) is 0 Å². The molecule has 0 bridgehead atoms. The highest BCUT2D eigenvalue weighted by Crippen LogP contribution is 2.39. The standard InChI is InChI=1S/C39H35B10N3O/c40-25-23(26(41)30(45)33(48)29(25)44)16-12-14-18(15-13-16)38-50-37(17-6-2-1-3-7-17)51-39(52-38)22-11-5-9-20-19-8-4-10-21(35(19)53-36(20)22)24-27(42)31(46)34(49)32(47)28(24)43/h1-15H,40-49H2. The van der Waals surface area contributed by atoms with Crippen molar-refractivity contribution in [1.82, 2.24) is 15.0 Å². The molecule has 2 aromatic heterocycles. The van der Waals surface area contributed by atoms with Gasteiger partial charge in [0.15, 0.2) is 17.5 Å². The minimum Gasteiger partial charge on any atom is -0.455 e. The van der Waals surface area contributed by atoms with Crippen LogP contribution in [0.15, 0.2) is 95.4 Å². The zero-order chi connectivity index (χ0) is 37.3. The van der Waals surface area contributed by atoms with E-state index < -0.39 is 0 Å². The molecule has 14 heteroatoms. The molecule has 0 fully saturated rings. The summed E-state index contributed by atoms with van der Waals surface area (Å²) in [6.07, 6.45) is 0. The number of furan rings is 1. The smallest absolute Gasteiger partial charge is 0.167 e. The Morgan fingerprint density at radius 3 is 1.25 bits per heavy atom. The highest BCUT2D eigenvalue weighted by Gasteiger charge is 2.22. The highest BCUT2D eigenvalue weighted by molar-refractivity contribution is 6.70. The number of fused-ring (bicyclic) bond motifs is 3. The van der Waals surface area contributed by atoms with Gasteiger partial charge in [0, 0.05) is 27.5 Å². The molecular formula is C39H35B10N3O. The molecule has 242 valence electrons. The third-order valence-electron chi connectivity index (χ3n) is 12.1. The van der Waals surface area contributed by atoms with Crippen molar-refractivity contribution in [2.24, 2.45) is 0 Å². The van der Waals surface area contributed by atoms with Gasteiger partial charge >= 0.3 is 0 Å². The molecule has 0 radical (unpaired) electrons. The summed E-state index contributed by atoms with van der Waals surface area (Å²) in [6.45, 7) is 0. The van der Waals surface area contributed by atoms with E-state index in [0.29, 0.717) is 17.5 Å². The molecule has 2 heterocycles. The zero-order valence-electron chi connectivity index (χ0n) is 32.4.